The number of hydrogen-bond acceptors (Lipinski definition) is 3. The Morgan fingerprint density at radius 2 is 2.00 bits per heavy atom. The predicted octanol–water partition coefficient (Wildman–Crippen LogP) is 0.707. The van der Waals surface area contributed by atoms with Gasteiger partial charge in [-0.3, -0.25) is 4.90 Å². The highest BCUT2D eigenvalue weighted by Crippen LogP contribution is 2.28. The van der Waals surface area contributed by atoms with E-state index in [4.69, 9.17) is 4.74 Å². The molecule has 0 radical (unpaired) electrons. The van der Waals surface area contributed by atoms with Crippen LogP contribution in [0, 0.1) is 5.41 Å². The fourth-order valence-electron chi connectivity index (χ4n) is 2.31. The molecule has 0 aliphatic carbocycles. The Morgan fingerprint density at radius 3 is 2.50 bits per heavy atom. The smallest absolute Gasteiger partial charge is 0.0645 e. The van der Waals surface area contributed by atoms with Gasteiger partial charge in [0.05, 0.1) is 13.2 Å². The molecule has 2 aliphatic rings. The van der Waals surface area contributed by atoms with Crippen LogP contribution < -0.4 is 5.32 Å². The summed E-state index contributed by atoms with van der Waals surface area (Å²) < 4.78 is 5.52. The molecule has 2 saturated heterocycles. The maximum absolute atomic E-state index is 5.52. The summed E-state index contributed by atoms with van der Waals surface area (Å²) in [7, 11) is 0. The van der Waals surface area contributed by atoms with Crippen LogP contribution in [0.25, 0.3) is 0 Å². The molecule has 14 heavy (non-hydrogen) atoms. The Bertz CT molecular complexity index is 211. The minimum atomic E-state index is 0.219. The van der Waals surface area contributed by atoms with Gasteiger partial charge >= 0.3 is 0 Å². The van der Waals surface area contributed by atoms with Crippen LogP contribution in [0.2, 0.25) is 0 Å². The third kappa shape index (κ3) is 1.95. The van der Waals surface area contributed by atoms with E-state index in [-0.39, 0.29) is 5.54 Å². The SMILES string of the molecule is CC1(CN2CCOCC2(C)C)CNC1. The van der Waals surface area contributed by atoms with Crippen molar-refractivity contribution in [1.29, 1.82) is 0 Å². The van der Waals surface area contributed by atoms with Crippen LogP contribution in [0.4, 0.5) is 0 Å². The molecule has 0 aromatic rings. The monoisotopic (exact) mass is 198 g/mol. The largest absolute Gasteiger partial charge is 0.378 e. The van der Waals surface area contributed by atoms with Crippen molar-refractivity contribution in [2.75, 3.05) is 39.4 Å². The minimum absolute atomic E-state index is 0.219. The lowest BCUT2D eigenvalue weighted by Crippen LogP contribution is -2.62. The molecule has 0 atom stereocenters. The van der Waals surface area contributed by atoms with E-state index in [0.29, 0.717) is 5.41 Å². The van der Waals surface area contributed by atoms with Gasteiger partial charge < -0.3 is 10.1 Å². The number of hydrogen-bond donors (Lipinski definition) is 1. The third-order valence-corrected chi connectivity index (χ3v) is 3.49. The van der Waals surface area contributed by atoms with Crippen molar-refractivity contribution in [2.45, 2.75) is 26.3 Å². The summed E-state index contributed by atoms with van der Waals surface area (Å²) in [4.78, 5) is 2.58. The van der Waals surface area contributed by atoms with Gasteiger partial charge in [-0.05, 0) is 13.8 Å². The molecule has 0 aromatic heterocycles. The molecular formula is C11H22N2O. The predicted molar refractivity (Wildman–Crippen MR) is 57.4 cm³/mol. The molecule has 0 spiro atoms. The Hall–Kier alpha value is -0.120. The molecule has 0 bridgehead atoms. The van der Waals surface area contributed by atoms with E-state index in [0.717, 1.165) is 19.8 Å². The van der Waals surface area contributed by atoms with E-state index in [9.17, 15) is 0 Å². The lowest BCUT2D eigenvalue weighted by Gasteiger charge is -2.49. The molecule has 2 heterocycles. The van der Waals surface area contributed by atoms with Gasteiger partial charge in [-0.15, -0.1) is 0 Å². The van der Waals surface area contributed by atoms with Gasteiger partial charge in [0.2, 0.25) is 0 Å². The second-order valence-corrected chi connectivity index (χ2v) is 5.70. The summed E-state index contributed by atoms with van der Waals surface area (Å²) in [6, 6.07) is 0. The Kier molecular flexibility index (Phi) is 2.58. The topological polar surface area (TPSA) is 24.5 Å². The van der Waals surface area contributed by atoms with E-state index in [2.05, 4.69) is 31.0 Å². The molecular weight excluding hydrogens is 176 g/mol. The number of rotatable bonds is 2. The molecule has 2 rings (SSSR count). The van der Waals surface area contributed by atoms with E-state index >= 15 is 0 Å². The number of morpholine rings is 1. The second kappa shape index (κ2) is 3.47. The van der Waals surface area contributed by atoms with Crippen molar-refractivity contribution in [3.63, 3.8) is 0 Å². The normalized spacial score (nSPS) is 31.1. The highest BCUT2D eigenvalue weighted by molar-refractivity contribution is 4.95. The molecule has 0 amide bonds. The molecule has 0 saturated carbocycles. The molecule has 0 unspecified atom stereocenters. The lowest BCUT2D eigenvalue weighted by atomic mass is 9.82. The summed E-state index contributed by atoms with van der Waals surface area (Å²) in [5, 5.41) is 3.36. The van der Waals surface area contributed by atoms with Gasteiger partial charge in [0.1, 0.15) is 0 Å². The van der Waals surface area contributed by atoms with E-state index in [1.807, 2.05) is 0 Å². The van der Waals surface area contributed by atoms with Gasteiger partial charge in [0, 0.05) is 37.1 Å². The van der Waals surface area contributed by atoms with Crippen LogP contribution in [0.3, 0.4) is 0 Å². The zero-order valence-corrected chi connectivity index (χ0v) is 9.60. The first-order valence-electron chi connectivity index (χ1n) is 5.55. The Morgan fingerprint density at radius 1 is 1.29 bits per heavy atom. The first-order valence-corrected chi connectivity index (χ1v) is 5.55. The van der Waals surface area contributed by atoms with Crippen molar-refractivity contribution in [3.05, 3.63) is 0 Å². The summed E-state index contributed by atoms with van der Waals surface area (Å²) >= 11 is 0. The van der Waals surface area contributed by atoms with Crippen LogP contribution >= 0.6 is 0 Å². The molecule has 3 heteroatoms. The maximum Gasteiger partial charge on any atom is 0.0645 e. The summed E-state index contributed by atoms with van der Waals surface area (Å²) in [6.07, 6.45) is 0. The van der Waals surface area contributed by atoms with Crippen LogP contribution in [-0.2, 0) is 4.74 Å². The van der Waals surface area contributed by atoms with Crippen LogP contribution in [0.15, 0.2) is 0 Å². The molecule has 3 nitrogen and oxygen atoms in total. The van der Waals surface area contributed by atoms with E-state index < -0.39 is 0 Å². The highest BCUT2D eigenvalue weighted by atomic mass is 16.5. The molecule has 2 fully saturated rings. The van der Waals surface area contributed by atoms with Crippen LogP contribution in [-0.4, -0.2) is 49.8 Å². The number of nitrogens with zero attached hydrogens (tertiary/aromatic N) is 1. The summed E-state index contributed by atoms with van der Waals surface area (Å²) in [5.41, 5.74) is 0.714. The average Bonchev–Trinajstić information content (AvgIpc) is 2.06. The average molecular weight is 198 g/mol. The Balaban J connectivity index is 1.95. The lowest BCUT2D eigenvalue weighted by molar-refractivity contribution is -0.0722. The molecule has 2 aliphatic heterocycles. The quantitative estimate of drug-likeness (QED) is 0.707. The fraction of sp³-hybridized carbons (Fsp3) is 1.00. The first-order chi connectivity index (χ1) is 6.52. The van der Waals surface area contributed by atoms with Gasteiger partial charge in [0.15, 0.2) is 0 Å². The highest BCUT2D eigenvalue weighted by Gasteiger charge is 2.39. The van der Waals surface area contributed by atoms with Crippen molar-refractivity contribution < 1.29 is 4.74 Å². The standard InChI is InChI=1S/C11H22N2O/c1-10(2)9-14-5-4-13(10)8-11(3)6-12-7-11/h12H,4-9H2,1-3H3. The van der Waals surface area contributed by atoms with Crippen LogP contribution in [0.5, 0.6) is 0 Å². The van der Waals surface area contributed by atoms with Gasteiger partial charge in [-0.1, -0.05) is 6.92 Å². The van der Waals surface area contributed by atoms with Crippen molar-refractivity contribution in [3.8, 4) is 0 Å². The molecule has 1 N–H and O–H groups in total. The summed E-state index contributed by atoms with van der Waals surface area (Å²) in [5.74, 6) is 0. The second-order valence-electron chi connectivity index (χ2n) is 5.70. The fourth-order valence-corrected chi connectivity index (χ4v) is 2.31. The number of nitrogens with one attached hydrogen (secondary N) is 1. The van der Waals surface area contributed by atoms with Crippen LogP contribution in [0.1, 0.15) is 20.8 Å². The van der Waals surface area contributed by atoms with Gasteiger partial charge in [0.25, 0.3) is 0 Å². The van der Waals surface area contributed by atoms with Crippen molar-refractivity contribution >= 4 is 0 Å². The molecule has 0 aromatic carbocycles. The van der Waals surface area contributed by atoms with E-state index in [1.54, 1.807) is 0 Å². The third-order valence-electron chi connectivity index (χ3n) is 3.49. The zero-order chi connectivity index (χ0) is 10.2. The van der Waals surface area contributed by atoms with Gasteiger partial charge in [-0.25, -0.2) is 0 Å². The zero-order valence-electron chi connectivity index (χ0n) is 9.60. The van der Waals surface area contributed by atoms with Crippen molar-refractivity contribution in [2.24, 2.45) is 5.41 Å². The van der Waals surface area contributed by atoms with Gasteiger partial charge in [-0.2, -0.15) is 0 Å². The first kappa shape index (κ1) is 10.4. The minimum Gasteiger partial charge on any atom is -0.378 e. The maximum atomic E-state index is 5.52. The Labute approximate surface area is 86.8 Å². The summed E-state index contributed by atoms with van der Waals surface area (Å²) in [6.45, 7) is 13.3. The van der Waals surface area contributed by atoms with Crippen molar-refractivity contribution in [1.82, 2.24) is 10.2 Å². The number of ether oxygens (including phenoxy) is 1. The van der Waals surface area contributed by atoms with E-state index in [1.165, 1.54) is 19.6 Å². The molecule has 82 valence electrons.